The van der Waals surface area contributed by atoms with E-state index in [9.17, 15) is 10.1 Å². The first-order valence-corrected chi connectivity index (χ1v) is 6.53. The lowest BCUT2D eigenvalue weighted by Crippen LogP contribution is -2.05. The summed E-state index contributed by atoms with van der Waals surface area (Å²) in [6, 6.07) is 6.55. The topological polar surface area (TPSA) is 91.3 Å². The molecule has 0 aliphatic carbocycles. The zero-order chi connectivity index (χ0) is 15.6. The highest BCUT2D eigenvalue weighted by Gasteiger charge is 2.15. The highest BCUT2D eigenvalue weighted by atomic mass is 16.6. The van der Waals surface area contributed by atoms with Gasteiger partial charge in [-0.15, -0.1) is 0 Å². The lowest BCUT2D eigenvalue weighted by Gasteiger charge is -2.11. The Labute approximate surface area is 122 Å². The molecule has 0 amide bonds. The van der Waals surface area contributed by atoms with E-state index in [1.54, 1.807) is 25.3 Å². The lowest BCUT2D eigenvalue weighted by atomic mass is 10.1. The van der Waals surface area contributed by atoms with Crippen molar-refractivity contribution in [1.82, 2.24) is 4.98 Å². The van der Waals surface area contributed by atoms with Crippen molar-refractivity contribution in [2.45, 2.75) is 26.8 Å². The van der Waals surface area contributed by atoms with Gasteiger partial charge in [-0.3, -0.25) is 10.1 Å². The number of benzene rings is 1. The maximum atomic E-state index is 11.0. The monoisotopic (exact) mass is 287 g/mol. The van der Waals surface area contributed by atoms with Crippen LogP contribution < -0.4 is 10.5 Å². The predicted octanol–water partition coefficient (Wildman–Crippen LogP) is 3.42. The number of hydrogen-bond acceptors (Lipinski definition) is 5. The predicted molar refractivity (Wildman–Crippen MR) is 79.5 cm³/mol. The van der Waals surface area contributed by atoms with Crippen molar-refractivity contribution in [3.05, 3.63) is 57.3 Å². The second-order valence-corrected chi connectivity index (χ2v) is 4.98. The molecule has 0 spiro atoms. The fraction of sp³-hybridized carbons (Fsp3) is 0.267. The summed E-state index contributed by atoms with van der Waals surface area (Å²) in [5.41, 5.74) is 8.14. The molecular weight excluding hydrogens is 270 g/mol. The van der Waals surface area contributed by atoms with E-state index in [4.69, 9.17) is 10.5 Å². The van der Waals surface area contributed by atoms with Gasteiger partial charge in [0.15, 0.2) is 0 Å². The standard InChI is InChI=1S/C15H17N3O3/c1-9-6-10(2)14(8-13(9)18(19)20)21-15-7-12(11(3)16)4-5-17-15/h4-8,11H,16H2,1-3H3. The fourth-order valence-electron chi connectivity index (χ4n) is 2.00. The zero-order valence-corrected chi connectivity index (χ0v) is 12.2. The Balaban J connectivity index is 2.37. The van der Waals surface area contributed by atoms with Crippen molar-refractivity contribution in [2.24, 2.45) is 5.73 Å². The summed E-state index contributed by atoms with van der Waals surface area (Å²) in [6.07, 6.45) is 1.60. The molecule has 0 saturated heterocycles. The van der Waals surface area contributed by atoms with Crippen LogP contribution in [-0.2, 0) is 0 Å². The number of nitro groups is 1. The first kappa shape index (κ1) is 14.9. The molecule has 2 aromatic rings. The molecule has 0 saturated carbocycles. The number of aryl methyl sites for hydroxylation is 2. The molecule has 1 atom stereocenters. The van der Waals surface area contributed by atoms with E-state index < -0.39 is 4.92 Å². The number of rotatable bonds is 4. The average molecular weight is 287 g/mol. The number of ether oxygens (including phenoxy) is 1. The largest absolute Gasteiger partial charge is 0.438 e. The molecular formula is C15H17N3O3. The fourth-order valence-corrected chi connectivity index (χ4v) is 2.00. The molecule has 0 aliphatic heterocycles. The van der Waals surface area contributed by atoms with Gasteiger partial charge in [0.05, 0.1) is 11.0 Å². The normalized spacial score (nSPS) is 12.0. The number of hydrogen-bond donors (Lipinski definition) is 1. The van der Waals surface area contributed by atoms with E-state index in [0.29, 0.717) is 17.2 Å². The molecule has 6 heteroatoms. The van der Waals surface area contributed by atoms with E-state index in [1.165, 1.54) is 6.07 Å². The molecule has 2 N–H and O–H groups in total. The van der Waals surface area contributed by atoms with Crippen LogP contribution in [-0.4, -0.2) is 9.91 Å². The summed E-state index contributed by atoms with van der Waals surface area (Å²) in [4.78, 5) is 14.7. The molecule has 6 nitrogen and oxygen atoms in total. The molecule has 1 unspecified atom stereocenters. The van der Waals surface area contributed by atoms with E-state index in [1.807, 2.05) is 19.9 Å². The number of nitro benzene ring substituents is 1. The van der Waals surface area contributed by atoms with Crippen LogP contribution in [0.2, 0.25) is 0 Å². The third kappa shape index (κ3) is 3.35. The number of pyridine rings is 1. The van der Waals surface area contributed by atoms with Gasteiger partial charge in [0.25, 0.3) is 5.69 Å². The van der Waals surface area contributed by atoms with Crippen molar-refractivity contribution in [1.29, 1.82) is 0 Å². The van der Waals surface area contributed by atoms with Crippen LogP contribution in [0.3, 0.4) is 0 Å². The van der Waals surface area contributed by atoms with E-state index in [0.717, 1.165) is 11.1 Å². The molecule has 110 valence electrons. The lowest BCUT2D eigenvalue weighted by molar-refractivity contribution is -0.385. The van der Waals surface area contributed by atoms with Crippen LogP contribution in [0.5, 0.6) is 11.6 Å². The zero-order valence-electron chi connectivity index (χ0n) is 12.2. The summed E-state index contributed by atoms with van der Waals surface area (Å²) in [6.45, 7) is 5.40. The summed E-state index contributed by atoms with van der Waals surface area (Å²) in [7, 11) is 0. The van der Waals surface area contributed by atoms with Crippen LogP contribution in [0.25, 0.3) is 0 Å². The van der Waals surface area contributed by atoms with Gasteiger partial charge in [-0.2, -0.15) is 0 Å². The summed E-state index contributed by atoms with van der Waals surface area (Å²) in [5.74, 6) is 0.785. The number of nitrogens with two attached hydrogens (primary N) is 1. The Hall–Kier alpha value is -2.47. The van der Waals surface area contributed by atoms with E-state index in [2.05, 4.69) is 4.98 Å². The Morgan fingerprint density at radius 2 is 2.00 bits per heavy atom. The van der Waals surface area contributed by atoms with Gasteiger partial charge < -0.3 is 10.5 Å². The van der Waals surface area contributed by atoms with Crippen molar-refractivity contribution >= 4 is 5.69 Å². The van der Waals surface area contributed by atoms with Gasteiger partial charge in [-0.25, -0.2) is 4.98 Å². The Bertz CT molecular complexity index is 684. The molecule has 0 aliphatic rings. The van der Waals surface area contributed by atoms with Crippen LogP contribution in [0, 0.1) is 24.0 Å². The minimum atomic E-state index is -0.423. The maximum Gasteiger partial charge on any atom is 0.276 e. The van der Waals surface area contributed by atoms with E-state index in [-0.39, 0.29) is 11.7 Å². The first-order valence-electron chi connectivity index (χ1n) is 6.53. The van der Waals surface area contributed by atoms with Crippen molar-refractivity contribution < 1.29 is 9.66 Å². The third-order valence-corrected chi connectivity index (χ3v) is 3.19. The molecule has 21 heavy (non-hydrogen) atoms. The quantitative estimate of drug-likeness (QED) is 0.687. The summed E-state index contributed by atoms with van der Waals surface area (Å²) in [5, 5.41) is 11.0. The molecule has 0 bridgehead atoms. The summed E-state index contributed by atoms with van der Waals surface area (Å²) < 4.78 is 5.67. The number of aromatic nitrogens is 1. The average Bonchev–Trinajstić information content (AvgIpc) is 2.41. The second kappa shape index (κ2) is 5.88. The Morgan fingerprint density at radius 3 is 2.62 bits per heavy atom. The van der Waals surface area contributed by atoms with Crippen molar-refractivity contribution in [3.63, 3.8) is 0 Å². The van der Waals surface area contributed by atoms with Gasteiger partial charge in [-0.1, -0.05) is 0 Å². The van der Waals surface area contributed by atoms with Gasteiger partial charge in [-0.05, 0) is 44.0 Å². The first-order chi connectivity index (χ1) is 9.88. The number of nitrogens with zero attached hydrogens (tertiary/aromatic N) is 2. The third-order valence-electron chi connectivity index (χ3n) is 3.19. The Kier molecular flexibility index (Phi) is 4.18. The minimum absolute atomic E-state index is 0.0268. The second-order valence-electron chi connectivity index (χ2n) is 4.98. The molecule has 1 heterocycles. The molecule has 1 aromatic carbocycles. The van der Waals surface area contributed by atoms with Crippen LogP contribution in [0.15, 0.2) is 30.5 Å². The minimum Gasteiger partial charge on any atom is -0.438 e. The van der Waals surface area contributed by atoms with Crippen LogP contribution >= 0.6 is 0 Å². The molecule has 0 radical (unpaired) electrons. The smallest absolute Gasteiger partial charge is 0.276 e. The molecule has 0 fully saturated rings. The SMILES string of the molecule is Cc1cc(C)c([N+](=O)[O-])cc1Oc1cc(C(C)N)ccn1. The Morgan fingerprint density at radius 1 is 1.29 bits per heavy atom. The highest BCUT2D eigenvalue weighted by molar-refractivity contribution is 5.50. The van der Waals surface area contributed by atoms with E-state index >= 15 is 0 Å². The van der Waals surface area contributed by atoms with Gasteiger partial charge in [0.2, 0.25) is 5.88 Å². The van der Waals surface area contributed by atoms with Gasteiger partial charge in [0, 0.05) is 23.9 Å². The highest BCUT2D eigenvalue weighted by Crippen LogP contribution is 2.31. The van der Waals surface area contributed by atoms with Gasteiger partial charge >= 0.3 is 0 Å². The maximum absolute atomic E-state index is 11.0. The van der Waals surface area contributed by atoms with Crippen molar-refractivity contribution in [2.75, 3.05) is 0 Å². The van der Waals surface area contributed by atoms with Crippen molar-refractivity contribution in [3.8, 4) is 11.6 Å². The van der Waals surface area contributed by atoms with Gasteiger partial charge in [0.1, 0.15) is 5.75 Å². The molecule has 2 rings (SSSR count). The van der Waals surface area contributed by atoms with Crippen LogP contribution in [0.1, 0.15) is 29.7 Å². The summed E-state index contributed by atoms with van der Waals surface area (Å²) >= 11 is 0. The molecule has 1 aromatic heterocycles. The van der Waals surface area contributed by atoms with Crippen LogP contribution in [0.4, 0.5) is 5.69 Å².